The zero-order valence-corrected chi connectivity index (χ0v) is 13.1. The highest BCUT2D eigenvalue weighted by Crippen LogP contribution is 2.23. The van der Waals surface area contributed by atoms with Crippen LogP contribution in [0.25, 0.3) is 0 Å². The molecule has 5 heteroatoms. The molecule has 2 rings (SSSR count). The van der Waals surface area contributed by atoms with Crippen LogP contribution in [0.4, 0.5) is 5.69 Å². The highest BCUT2D eigenvalue weighted by Gasteiger charge is 2.09. The summed E-state index contributed by atoms with van der Waals surface area (Å²) in [6, 6.07) is 12.9. The minimum absolute atomic E-state index is 0.136. The van der Waals surface area contributed by atoms with E-state index in [2.05, 4.69) is 5.32 Å². The number of hydrogen-bond acceptors (Lipinski definition) is 2. The van der Waals surface area contributed by atoms with Crippen molar-refractivity contribution in [2.75, 3.05) is 5.32 Å². The molecule has 0 radical (unpaired) electrons. The molecule has 0 fully saturated rings. The maximum absolute atomic E-state index is 12.1. The Balaban J connectivity index is 2.12. The molecule has 0 unspecified atom stereocenters. The summed E-state index contributed by atoms with van der Waals surface area (Å²) in [4.78, 5) is 12.4. The van der Waals surface area contributed by atoms with Crippen molar-refractivity contribution in [3.8, 4) is 0 Å². The number of carbonyl (C=O) groups excluding carboxylic acids is 1. The van der Waals surface area contributed by atoms with Gasteiger partial charge in [-0.3, -0.25) is 4.79 Å². The van der Waals surface area contributed by atoms with Gasteiger partial charge >= 0.3 is 0 Å². The molecular formula is C16H15ClN2OS. The van der Waals surface area contributed by atoms with E-state index >= 15 is 0 Å². The summed E-state index contributed by atoms with van der Waals surface area (Å²) in [7, 11) is 0. The third kappa shape index (κ3) is 4.28. The Hall–Kier alpha value is -1.91. The van der Waals surface area contributed by atoms with Crippen LogP contribution < -0.4 is 11.1 Å². The fraction of sp³-hybridized carbons (Fsp3) is 0.125. The summed E-state index contributed by atoms with van der Waals surface area (Å²) in [5, 5.41) is 3.24. The SMILES string of the molecule is Cc1cccc(CC(=O)Nc2cc(C(N)=S)ccc2Cl)c1. The molecule has 0 aliphatic heterocycles. The molecule has 108 valence electrons. The van der Waals surface area contributed by atoms with Crippen molar-refractivity contribution in [2.24, 2.45) is 5.73 Å². The van der Waals surface area contributed by atoms with Crippen molar-refractivity contribution in [3.63, 3.8) is 0 Å². The molecule has 0 heterocycles. The number of hydrogen-bond donors (Lipinski definition) is 2. The largest absolute Gasteiger partial charge is 0.389 e. The first-order valence-electron chi connectivity index (χ1n) is 6.40. The number of anilines is 1. The molecule has 0 aliphatic carbocycles. The van der Waals surface area contributed by atoms with Crippen LogP contribution in [0.5, 0.6) is 0 Å². The van der Waals surface area contributed by atoms with E-state index < -0.39 is 0 Å². The molecule has 3 N–H and O–H groups in total. The van der Waals surface area contributed by atoms with Gasteiger partial charge in [-0.25, -0.2) is 0 Å². The number of thiocarbonyl (C=S) groups is 1. The van der Waals surface area contributed by atoms with Crippen LogP contribution >= 0.6 is 23.8 Å². The van der Waals surface area contributed by atoms with E-state index in [0.717, 1.165) is 11.1 Å². The normalized spacial score (nSPS) is 10.2. The average molecular weight is 319 g/mol. The van der Waals surface area contributed by atoms with Crippen molar-refractivity contribution in [1.29, 1.82) is 0 Å². The van der Waals surface area contributed by atoms with Crippen LogP contribution in [0.3, 0.4) is 0 Å². The van der Waals surface area contributed by atoms with Crippen molar-refractivity contribution >= 4 is 40.4 Å². The quantitative estimate of drug-likeness (QED) is 0.849. The molecular weight excluding hydrogens is 304 g/mol. The molecule has 1 amide bonds. The zero-order valence-electron chi connectivity index (χ0n) is 11.5. The lowest BCUT2D eigenvalue weighted by molar-refractivity contribution is -0.115. The number of halogens is 1. The summed E-state index contributed by atoms with van der Waals surface area (Å²) in [6.07, 6.45) is 0.287. The Labute approximate surface area is 134 Å². The minimum atomic E-state index is -0.136. The number of nitrogens with one attached hydrogen (secondary N) is 1. The lowest BCUT2D eigenvalue weighted by atomic mass is 10.1. The van der Waals surface area contributed by atoms with Crippen LogP contribution in [0.2, 0.25) is 5.02 Å². The lowest BCUT2D eigenvalue weighted by Gasteiger charge is -2.09. The van der Waals surface area contributed by atoms with Gasteiger partial charge in [-0.2, -0.15) is 0 Å². The second-order valence-corrected chi connectivity index (χ2v) is 5.62. The lowest BCUT2D eigenvalue weighted by Crippen LogP contribution is -2.16. The Morgan fingerprint density at radius 1 is 1.29 bits per heavy atom. The van der Waals surface area contributed by atoms with Crippen molar-refractivity contribution in [2.45, 2.75) is 13.3 Å². The monoisotopic (exact) mass is 318 g/mol. The Morgan fingerprint density at radius 2 is 2.05 bits per heavy atom. The third-order valence-corrected chi connectivity index (χ3v) is 3.54. The minimum Gasteiger partial charge on any atom is -0.389 e. The number of amides is 1. The number of aryl methyl sites for hydroxylation is 1. The molecule has 21 heavy (non-hydrogen) atoms. The van der Waals surface area contributed by atoms with Gasteiger partial charge in [0.1, 0.15) is 4.99 Å². The molecule has 2 aromatic rings. The second kappa shape index (κ2) is 6.70. The molecule has 0 saturated carbocycles. The number of carbonyl (C=O) groups is 1. The summed E-state index contributed by atoms with van der Waals surface area (Å²) in [6.45, 7) is 1.99. The van der Waals surface area contributed by atoms with E-state index in [1.807, 2.05) is 31.2 Å². The first-order chi connectivity index (χ1) is 9.95. The first kappa shape index (κ1) is 15.5. The van der Waals surface area contributed by atoms with Crippen LogP contribution in [0.15, 0.2) is 42.5 Å². The summed E-state index contributed by atoms with van der Waals surface area (Å²) in [5.41, 5.74) is 8.83. The van der Waals surface area contributed by atoms with E-state index in [4.69, 9.17) is 29.6 Å². The fourth-order valence-corrected chi connectivity index (χ4v) is 2.27. The molecule has 2 aromatic carbocycles. The smallest absolute Gasteiger partial charge is 0.228 e. The molecule has 0 aliphatic rings. The number of rotatable bonds is 4. The predicted molar refractivity (Wildman–Crippen MR) is 90.9 cm³/mol. The Bertz CT molecular complexity index is 700. The van der Waals surface area contributed by atoms with E-state index in [1.54, 1.807) is 18.2 Å². The van der Waals surface area contributed by atoms with E-state index in [-0.39, 0.29) is 17.3 Å². The van der Waals surface area contributed by atoms with Gasteiger partial charge in [-0.15, -0.1) is 0 Å². The second-order valence-electron chi connectivity index (χ2n) is 4.77. The maximum atomic E-state index is 12.1. The highest BCUT2D eigenvalue weighted by molar-refractivity contribution is 7.80. The van der Waals surface area contributed by atoms with Gasteiger partial charge in [0.2, 0.25) is 5.91 Å². The first-order valence-corrected chi connectivity index (χ1v) is 7.19. The van der Waals surface area contributed by atoms with Crippen molar-refractivity contribution in [1.82, 2.24) is 0 Å². The molecule has 0 saturated heterocycles. The number of nitrogens with two attached hydrogens (primary N) is 1. The Morgan fingerprint density at radius 3 is 2.71 bits per heavy atom. The van der Waals surface area contributed by atoms with E-state index in [9.17, 15) is 4.79 Å². The van der Waals surface area contributed by atoms with Crippen LogP contribution in [0.1, 0.15) is 16.7 Å². The third-order valence-electron chi connectivity index (χ3n) is 2.97. The molecule has 0 aromatic heterocycles. The zero-order chi connectivity index (χ0) is 15.4. The maximum Gasteiger partial charge on any atom is 0.228 e. The summed E-state index contributed by atoms with van der Waals surface area (Å²) >= 11 is 11.0. The van der Waals surface area contributed by atoms with Gasteiger partial charge in [0.25, 0.3) is 0 Å². The standard InChI is InChI=1S/C16H15ClN2OS/c1-10-3-2-4-11(7-10)8-15(20)19-14-9-12(16(18)21)5-6-13(14)17/h2-7,9H,8H2,1H3,(H2,18,21)(H,19,20). The van der Waals surface area contributed by atoms with Crippen LogP contribution in [0, 0.1) is 6.92 Å². The van der Waals surface area contributed by atoms with Gasteiger partial charge in [-0.05, 0) is 24.6 Å². The van der Waals surface area contributed by atoms with E-state index in [0.29, 0.717) is 16.3 Å². The molecule has 0 atom stereocenters. The van der Waals surface area contributed by atoms with Gasteiger partial charge in [0, 0.05) is 5.56 Å². The molecule has 0 bridgehead atoms. The average Bonchev–Trinajstić information content (AvgIpc) is 2.41. The fourth-order valence-electron chi connectivity index (χ4n) is 1.98. The van der Waals surface area contributed by atoms with Crippen LogP contribution in [-0.4, -0.2) is 10.9 Å². The summed E-state index contributed by atoms with van der Waals surface area (Å²) in [5.74, 6) is -0.136. The molecule has 3 nitrogen and oxygen atoms in total. The number of benzene rings is 2. The predicted octanol–water partition coefficient (Wildman–Crippen LogP) is 3.46. The summed E-state index contributed by atoms with van der Waals surface area (Å²) < 4.78 is 0. The van der Waals surface area contributed by atoms with Gasteiger partial charge in [-0.1, -0.05) is 59.7 Å². The topological polar surface area (TPSA) is 55.1 Å². The van der Waals surface area contributed by atoms with E-state index in [1.165, 1.54) is 0 Å². The highest BCUT2D eigenvalue weighted by atomic mass is 35.5. The van der Waals surface area contributed by atoms with Crippen molar-refractivity contribution < 1.29 is 4.79 Å². The molecule has 0 spiro atoms. The van der Waals surface area contributed by atoms with Crippen LogP contribution in [-0.2, 0) is 11.2 Å². The van der Waals surface area contributed by atoms with Crippen molar-refractivity contribution in [3.05, 3.63) is 64.2 Å². The van der Waals surface area contributed by atoms with Gasteiger partial charge < -0.3 is 11.1 Å². The van der Waals surface area contributed by atoms with Gasteiger partial charge in [0.15, 0.2) is 0 Å². The Kier molecular flexibility index (Phi) is 4.94. The van der Waals surface area contributed by atoms with Gasteiger partial charge in [0.05, 0.1) is 17.1 Å².